The average Bonchev–Trinajstić information content (AvgIpc) is 3.04. The predicted octanol–water partition coefficient (Wildman–Crippen LogP) is 3.48. The van der Waals surface area contributed by atoms with Gasteiger partial charge in [-0.05, 0) is 41.8 Å². The molecule has 2 aromatic rings. The molecule has 0 bridgehead atoms. The summed E-state index contributed by atoms with van der Waals surface area (Å²) in [6.45, 7) is 3.06. The van der Waals surface area contributed by atoms with E-state index in [1.807, 2.05) is 30.5 Å². The average molecular weight is 256 g/mol. The van der Waals surface area contributed by atoms with Crippen LogP contribution in [0.2, 0.25) is 0 Å². The number of hydrogen-bond acceptors (Lipinski definition) is 1. The molecule has 19 heavy (non-hydrogen) atoms. The Hall–Kier alpha value is -1.77. The van der Waals surface area contributed by atoms with Crippen molar-refractivity contribution in [2.45, 2.75) is 32.6 Å². The zero-order chi connectivity index (χ0) is 13.3. The summed E-state index contributed by atoms with van der Waals surface area (Å²) in [6, 6.07) is 7.80. The summed E-state index contributed by atoms with van der Waals surface area (Å²) >= 11 is 0. The van der Waals surface area contributed by atoms with Gasteiger partial charge in [-0.2, -0.15) is 0 Å². The van der Waals surface area contributed by atoms with E-state index in [0.29, 0.717) is 5.41 Å². The zero-order valence-electron chi connectivity index (χ0n) is 11.3. The third kappa shape index (κ3) is 2.50. The summed E-state index contributed by atoms with van der Waals surface area (Å²) in [6.07, 6.45) is 6.93. The normalized spacial score (nSPS) is 17.7. The maximum atomic E-state index is 12.2. The molecule has 0 aliphatic heterocycles. The Labute approximate surface area is 113 Å². The molecule has 1 aromatic carbocycles. The fourth-order valence-electron chi connectivity index (χ4n) is 2.99. The number of nitrogens with one attached hydrogen (secondary N) is 2. The Morgan fingerprint density at radius 1 is 1.32 bits per heavy atom. The van der Waals surface area contributed by atoms with E-state index in [1.54, 1.807) is 0 Å². The third-order valence-corrected chi connectivity index (χ3v) is 4.30. The molecule has 0 radical (unpaired) electrons. The molecule has 0 unspecified atom stereocenters. The van der Waals surface area contributed by atoms with Crippen LogP contribution in [0.1, 0.15) is 43.0 Å². The van der Waals surface area contributed by atoms with E-state index in [-0.39, 0.29) is 5.91 Å². The van der Waals surface area contributed by atoms with Crippen molar-refractivity contribution in [3.63, 3.8) is 0 Å². The van der Waals surface area contributed by atoms with E-state index < -0.39 is 0 Å². The van der Waals surface area contributed by atoms with Crippen molar-refractivity contribution in [2.24, 2.45) is 5.41 Å². The molecule has 1 amide bonds. The highest BCUT2D eigenvalue weighted by Crippen LogP contribution is 2.36. The van der Waals surface area contributed by atoms with Gasteiger partial charge in [0.05, 0.1) is 0 Å². The van der Waals surface area contributed by atoms with Gasteiger partial charge in [-0.15, -0.1) is 0 Å². The van der Waals surface area contributed by atoms with E-state index in [1.165, 1.54) is 25.7 Å². The van der Waals surface area contributed by atoms with Crippen LogP contribution in [0.25, 0.3) is 10.9 Å². The minimum Gasteiger partial charge on any atom is -0.361 e. The summed E-state index contributed by atoms with van der Waals surface area (Å²) in [4.78, 5) is 15.3. The summed E-state index contributed by atoms with van der Waals surface area (Å²) in [5, 5.41) is 4.22. The Morgan fingerprint density at radius 2 is 2.11 bits per heavy atom. The first kappa shape index (κ1) is 12.3. The molecular weight excluding hydrogens is 236 g/mol. The lowest BCUT2D eigenvalue weighted by Crippen LogP contribution is -2.34. The van der Waals surface area contributed by atoms with Crippen molar-refractivity contribution in [3.05, 3.63) is 36.0 Å². The maximum Gasteiger partial charge on any atom is 0.251 e. The molecule has 2 N–H and O–H groups in total. The van der Waals surface area contributed by atoms with Crippen molar-refractivity contribution in [2.75, 3.05) is 6.54 Å². The third-order valence-electron chi connectivity index (χ3n) is 4.30. The van der Waals surface area contributed by atoms with Crippen LogP contribution < -0.4 is 5.32 Å². The minimum absolute atomic E-state index is 0.0321. The maximum absolute atomic E-state index is 12.2. The number of benzene rings is 1. The summed E-state index contributed by atoms with van der Waals surface area (Å²) in [7, 11) is 0. The lowest BCUT2D eigenvalue weighted by Gasteiger charge is -2.23. The van der Waals surface area contributed by atoms with Gasteiger partial charge in [-0.25, -0.2) is 0 Å². The minimum atomic E-state index is 0.0321. The van der Waals surface area contributed by atoms with Gasteiger partial charge in [-0.3, -0.25) is 4.79 Å². The standard InChI is InChI=1S/C16H20N2O/c1-16(7-2-3-8-16)11-18-15(19)13-5-4-12-6-9-17-14(12)10-13/h4-6,9-10,17H,2-3,7-8,11H2,1H3,(H,18,19). The number of rotatable bonds is 3. The van der Waals surface area contributed by atoms with Crippen LogP contribution in [0.4, 0.5) is 0 Å². The highest BCUT2D eigenvalue weighted by molar-refractivity contribution is 5.97. The van der Waals surface area contributed by atoms with Crippen LogP contribution in [-0.4, -0.2) is 17.4 Å². The molecule has 0 saturated heterocycles. The number of hydrogen-bond donors (Lipinski definition) is 2. The van der Waals surface area contributed by atoms with Crippen LogP contribution in [0.5, 0.6) is 0 Å². The highest BCUT2D eigenvalue weighted by atomic mass is 16.1. The lowest BCUT2D eigenvalue weighted by atomic mass is 9.89. The number of H-pyrrole nitrogens is 1. The van der Waals surface area contributed by atoms with E-state index >= 15 is 0 Å². The number of carbonyl (C=O) groups excluding carboxylic acids is 1. The number of fused-ring (bicyclic) bond motifs is 1. The van der Waals surface area contributed by atoms with Crippen LogP contribution in [0.15, 0.2) is 30.5 Å². The monoisotopic (exact) mass is 256 g/mol. The quantitative estimate of drug-likeness (QED) is 0.867. The van der Waals surface area contributed by atoms with Gasteiger partial charge in [0, 0.05) is 23.8 Å². The second-order valence-corrected chi connectivity index (χ2v) is 5.98. The highest BCUT2D eigenvalue weighted by Gasteiger charge is 2.28. The van der Waals surface area contributed by atoms with Crippen molar-refractivity contribution in [3.8, 4) is 0 Å². The van der Waals surface area contributed by atoms with Crippen molar-refractivity contribution >= 4 is 16.8 Å². The topological polar surface area (TPSA) is 44.9 Å². The molecule has 1 aliphatic carbocycles. The largest absolute Gasteiger partial charge is 0.361 e. The van der Waals surface area contributed by atoms with Crippen LogP contribution in [-0.2, 0) is 0 Å². The first-order chi connectivity index (χ1) is 9.16. The molecule has 3 rings (SSSR count). The molecule has 0 spiro atoms. The molecule has 0 atom stereocenters. The molecular formula is C16H20N2O. The van der Waals surface area contributed by atoms with Gasteiger partial charge in [0.25, 0.3) is 5.91 Å². The van der Waals surface area contributed by atoms with Gasteiger partial charge in [0.15, 0.2) is 0 Å². The second kappa shape index (κ2) is 4.72. The van der Waals surface area contributed by atoms with Crippen LogP contribution >= 0.6 is 0 Å². The summed E-state index contributed by atoms with van der Waals surface area (Å²) in [5.41, 5.74) is 2.04. The van der Waals surface area contributed by atoms with Gasteiger partial charge >= 0.3 is 0 Å². The first-order valence-electron chi connectivity index (χ1n) is 7.02. The van der Waals surface area contributed by atoms with Crippen molar-refractivity contribution < 1.29 is 4.79 Å². The van der Waals surface area contributed by atoms with Gasteiger partial charge < -0.3 is 10.3 Å². The SMILES string of the molecule is CC1(CNC(=O)c2ccc3cc[nH]c3c2)CCCC1. The Bertz CT molecular complexity index is 594. The van der Waals surface area contributed by atoms with Crippen LogP contribution in [0, 0.1) is 5.41 Å². The number of amides is 1. The Balaban J connectivity index is 1.69. The van der Waals surface area contributed by atoms with E-state index in [2.05, 4.69) is 17.2 Å². The molecule has 1 aromatic heterocycles. The summed E-state index contributed by atoms with van der Waals surface area (Å²) < 4.78 is 0. The summed E-state index contributed by atoms with van der Waals surface area (Å²) in [5.74, 6) is 0.0321. The van der Waals surface area contributed by atoms with E-state index in [0.717, 1.165) is 23.0 Å². The first-order valence-corrected chi connectivity index (χ1v) is 7.02. The molecule has 3 heteroatoms. The van der Waals surface area contributed by atoms with Crippen molar-refractivity contribution in [1.29, 1.82) is 0 Å². The van der Waals surface area contributed by atoms with Crippen molar-refractivity contribution in [1.82, 2.24) is 10.3 Å². The second-order valence-electron chi connectivity index (χ2n) is 5.98. The Kier molecular flexibility index (Phi) is 3.05. The number of aromatic nitrogens is 1. The van der Waals surface area contributed by atoms with E-state index in [4.69, 9.17) is 0 Å². The molecule has 1 fully saturated rings. The molecule has 1 heterocycles. The zero-order valence-corrected chi connectivity index (χ0v) is 11.3. The molecule has 1 aliphatic rings. The molecule has 1 saturated carbocycles. The van der Waals surface area contributed by atoms with Gasteiger partial charge in [0.1, 0.15) is 0 Å². The van der Waals surface area contributed by atoms with Gasteiger partial charge in [0.2, 0.25) is 0 Å². The Morgan fingerprint density at radius 3 is 2.89 bits per heavy atom. The number of carbonyl (C=O) groups is 1. The van der Waals surface area contributed by atoms with Gasteiger partial charge in [-0.1, -0.05) is 25.8 Å². The lowest BCUT2D eigenvalue weighted by molar-refractivity contribution is 0.0934. The predicted molar refractivity (Wildman–Crippen MR) is 77.2 cm³/mol. The number of aromatic amines is 1. The molecule has 100 valence electrons. The van der Waals surface area contributed by atoms with E-state index in [9.17, 15) is 4.79 Å². The molecule has 3 nitrogen and oxygen atoms in total. The van der Waals surface area contributed by atoms with Crippen LogP contribution in [0.3, 0.4) is 0 Å². The fourth-order valence-corrected chi connectivity index (χ4v) is 2.99. The fraction of sp³-hybridized carbons (Fsp3) is 0.438. The smallest absolute Gasteiger partial charge is 0.251 e.